The molecule has 1 rings (SSSR count). The Bertz CT molecular complexity index is 214. The lowest BCUT2D eigenvalue weighted by atomic mass is 9.99. The Morgan fingerprint density at radius 3 is 2.87 bits per heavy atom. The first-order chi connectivity index (χ1) is 7.12. The molecule has 1 saturated heterocycles. The minimum atomic E-state index is -0.583. The van der Waals surface area contributed by atoms with E-state index in [1.54, 1.807) is 0 Å². The van der Waals surface area contributed by atoms with Crippen molar-refractivity contribution in [2.75, 3.05) is 20.3 Å². The lowest BCUT2D eigenvalue weighted by Gasteiger charge is -2.27. The highest BCUT2D eigenvalue weighted by Crippen LogP contribution is 2.15. The van der Waals surface area contributed by atoms with Crippen molar-refractivity contribution in [2.45, 2.75) is 44.8 Å². The lowest BCUT2D eigenvalue weighted by Crippen LogP contribution is -2.51. The molecule has 88 valence electrons. The van der Waals surface area contributed by atoms with E-state index in [2.05, 4.69) is 5.32 Å². The first-order valence-electron chi connectivity index (χ1n) is 5.57. The third-order valence-corrected chi connectivity index (χ3v) is 3.09. The summed E-state index contributed by atoms with van der Waals surface area (Å²) in [5.74, 6) is -0.206. The molecule has 1 N–H and O–H groups in total. The molecular formula is C11H21NO3. The van der Waals surface area contributed by atoms with Gasteiger partial charge in [-0.05, 0) is 26.2 Å². The van der Waals surface area contributed by atoms with Crippen LogP contribution in [0.2, 0.25) is 0 Å². The number of hydrogen-bond acceptors (Lipinski definition) is 4. The van der Waals surface area contributed by atoms with Gasteiger partial charge in [-0.25, -0.2) is 0 Å². The highest BCUT2D eigenvalue weighted by Gasteiger charge is 2.32. The van der Waals surface area contributed by atoms with Gasteiger partial charge in [0.1, 0.15) is 5.54 Å². The molecule has 4 nitrogen and oxygen atoms in total. The van der Waals surface area contributed by atoms with Gasteiger partial charge in [0, 0.05) is 13.2 Å². The topological polar surface area (TPSA) is 47.6 Å². The van der Waals surface area contributed by atoms with Crippen molar-refractivity contribution in [1.82, 2.24) is 5.32 Å². The van der Waals surface area contributed by atoms with Gasteiger partial charge in [0.2, 0.25) is 0 Å². The SMILES string of the molecule is CC[C@@](C)(NC[C@H]1CCCO1)C(=O)OC. The first-order valence-corrected chi connectivity index (χ1v) is 5.57. The van der Waals surface area contributed by atoms with Gasteiger partial charge in [-0.3, -0.25) is 10.1 Å². The van der Waals surface area contributed by atoms with E-state index < -0.39 is 5.54 Å². The van der Waals surface area contributed by atoms with Crippen LogP contribution < -0.4 is 5.32 Å². The molecule has 1 aliphatic rings. The molecule has 0 spiro atoms. The summed E-state index contributed by atoms with van der Waals surface area (Å²) in [6.07, 6.45) is 3.16. The molecule has 0 aromatic carbocycles. The Hall–Kier alpha value is -0.610. The van der Waals surface area contributed by atoms with Gasteiger partial charge in [0.15, 0.2) is 0 Å². The lowest BCUT2D eigenvalue weighted by molar-refractivity contribution is -0.148. The number of nitrogens with one attached hydrogen (secondary N) is 1. The molecule has 0 saturated carbocycles. The Balaban J connectivity index is 2.41. The summed E-state index contributed by atoms with van der Waals surface area (Å²) in [6, 6.07) is 0. The van der Waals surface area contributed by atoms with E-state index in [4.69, 9.17) is 9.47 Å². The maximum absolute atomic E-state index is 11.5. The monoisotopic (exact) mass is 215 g/mol. The standard InChI is InChI=1S/C11H21NO3/c1-4-11(2,10(13)14-3)12-8-9-6-5-7-15-9/h9,12H,4-8H2,1-3H3/t9-,11-/m1/s1. The molecule has 1 fully saturated rings. The summed E-state index contributed by atoms with van der Waals surface area (Å²) < 4.78 is 10.3. The molecule has 0 bridgehead atoms. The van der Waals surface area contributed by atoms with E-state index in [0.29, 0.717) is 6.42 Å². The summed E-state index contributed by atoms with van der Waals surface area (Å²) >= 11 is 0. The summed E-state index contributed by atoms with van der Waals surface area (Å²) in [5, 5.41) is 3.24. The van der Waals surface area contributed by atoms with Crippen molar-refractivity contribution in [3.8, 4) is 0 Å². The van der Waals surface area contributed by atoms with Crippen molar-refractivity contribution in [3.63, 3.8) is 0 Å². The van der Waals surface area contributed by atoms with Crippen LogP contribution in [0.4, 0.5) is 0 Å². The number of carbonyl (C=O) groups excluding carboxylic acids is 1. The third-order valence-electron chi connectivity index (χ3n) is 3.09. The van der Waals surface area contributed by atoms with E-state index in [1.807, 2.05) is 13.8 Å². The van der Waals surface area contributed by atoms with Crippen LogP contribution in [-0.4, -0.2) is 37.9 Å². The van der Waals surface area contributed by atoms with E-state index in [0.717, 1.165) is 26.0 Å². The second-order valence-electron chi connectivity index (χ2n) is 4.19. The maximum Gasteiger partial charge on any atom is 0.325 e. The van der Waals surface area contributed by atoms with Gasteiger partial charge in [-0.2, -0.15) is 0 Å². The molecule has 0 amide bonds. The zero-order valence-electron chi connectivity index (χ0n) is 9.84. The van der Waals surface area contributed by atoms with Gasteiger partial charge < -0.3 is 9.47 Å². The van der Waals surface area contributed by atoms with Crippen LogP contribution in [0.15, 0.2) is 0 Å². The Kier molecular flexibility index (Phi) is 4.54. The molecular weight excluding hydrogens is 194 g/mol. The van der Waals surface area contributed by atoms with Crippen molar-refractivity contribution in [3.05, 3.63) is 0 Å². The zero-order valence-corrected chi connectivity index (χ0v) is 9.84. The van der Waals surface area contributed by atoms with Gasteiger partial charge in [-0.1, -0.05) is 6.92 Å². The molecule has 0 aromatic heterocycles. The van der Waals surface area contributed by atoms with Crippen LogP contribution in [0.1, 0.15) is 33.1 Å². The molecule has 0 radical (unpaired) electrons. The smallest absolute Gasteiger partial charge is 0.325 e. The highest BCUT2D eigenvalue weighted by atomic mass is 16.5. The second-order valence-corrected chi connectivity index (χ2v) is 4.19. The predicted molar refractivity (Wildman–Crippen MR) is 57.7 cm³/mol. The fourth-order valence-corrected chi connectivity index (χ4v) is 1.71. The van der Waals surface area contributed by atoms with Crippen molar-refractivity contribution in [2.24, 2.45) is 0 Å². The fourth-order valence-electron chi connectivity index (χ4n) is 1.71. The molecule has 15 heavy (non-hydrogen) atoms. The first kappa shape index (κ1) is 12.5. The average molecular weight is 215 g/mol. The Labute approximate surface area is 91.3 Å². The van der Waals surface area contributed by atoms with E-state index in [1.165, 1.54) is 7.11 Å². The molecule has 1 heterocycles. The van der Waals surface area contributed by atoms with Crippen LogP contribution in [0.3, 0.4) is 0 Å². The molecule has 2 atom stereocenters. The van der Waals surface area contributed by atoms with Crippen LogP contribution in [0.25, 0.3) is 0 Å². The van der Waals surface area contributed by atoms with Gasteiger partial charge in [-0.15, -0.1) is 0 Å². The Morgan fingerprint density at radius 1 is 1.67 bits per heavy atom. The minimum absolute atomic E-state index is 0.206. The minimum Gasteiger partial charge on any atom is -0.468 e. The normalized spacial score (nSPS) is 24.9. The fraction of sp³-hybridized carbons (Fsp3) is 0.909. The van der Waals surface area contributed by atoms with Crippen LogP contribution in [0, 0.1) is 0 Å². The largest absolute Gasteiger partial charge is 0.468 e. The summed E-state index contributed by atoms with van der Waals surface area (Å²) in [5.41, 5.74) is -0.583. The van der Waals surface area contributed by atoms with Gasteiger partial charge in [0.25, 0.3) is 0 Å². The third kappa shape index (κ3) is 3.18. The second kappa shape index (κ2) is 5.47. The van der Waals surface area contributed by atoms with Crippen molar-refractivity contribution < 1.29 is 14.3 Å². The van der Waals surface area contributed by atoms with E-state index in [9.17, 15) is 4.79 Å². The quantitative estimate of drug-likeness (QED) is 0.698. The van der Waals surface area contributed by atoms with Crippen LogP contribution in [-0.2, 0) is 14.3 Å². The molecule has 0 unspecified atom stereocenters. The zero-order chi connectivity index (χ0) is 11.3. The predicted octanol–water partition coefficient (Wildman–Crippen LogP) is 1.10. The number of ether oxygens (including phenoxy) is 2. The van der Waals surface area contributed by atoms with E-state index >= 15 is 0 Å². The molecule has 4 heteroatoms. The summed E-state index contributed by atoms with van der Waals surface area (Å²) in [6.45, 7) is 5.40. The van der Waals surface area contributed by atoms with Gasteiger partial charge >= 0.3 is 5.97 Å². The summed E-state index contributed by atoms with van der Waals surface area (Å²) in [7, 11) is 1.42. The number of rotatable bonds is 5. The number of carbonyl (C=O) groups is 1. The molecule has 1 aliphatic heterocycles. The highest BCUT2D eigenvalue weighted by molar-refractivity contribution is 5.80. The average Bonchev–Trinajstić information content (AvgIpc) is 2.77. The number of hydrogen-bond donors (Lipinski definition) is 1. The van der Waals surface area contributed by atoms with Crippen LogP contribution in [0.5, 0.6) is 0 Å². The van der Waals surface area contributed by atoms with Crippen LogP contribution >= 0.6 is 0 Å². The van der Waals surface area contributed by atoms with Gasteiger partial charge in [0.05, 0.1) is 13.2 Å². The Morgan fingerprint density at radius 2 is 2.40 bits per heavy atom. The summed E-state index contributed by atoms with van der Waals surface area (Å²) in [4.78, 5) is 11.5. The number of methoxy groups -OCH3 is 1. The van der Waals surface area contributed by atoms with Crippen molar-refractivity contribution >= 4 is 5.97 Å². The number of esters is 1. The molecule has 0 aromatic rings. The van der Waals surface area contributed by atoms with Crippen molar-refractivity contribution in [1.29, 1.82) is 0 Å². The maximum atomic E-state index is 11.5. The van der Waals surface area contributed by atoms with E-state index in [-0.39, 0.29) is 12.1 Å². The molecule has 0 aliphatic carbocycles.